The summed E-state index contributed by atoms with van der Waals surface area (Å²) in [6.07, 6.45) is 2.08. The zero-order valence-corrected chi connectivity index (χ0v) is 18.7. The minimum Gasteiger partial charge on any atom is -0.313 e. The van der Waals surface area contributed by atoms with E-state index in [0.717, 1.165) is 21.2 Å². The van der Waals surface area contributed by atoms with Crippen molar-refractivity contribution >= 4 is 35.4 Å². The summed E-state index contributed by atoms with van der Waals surface area (Å²) in [4.78, 5) is 0. The minimum absolute atomic E-state index is 0.287. The molecule has 31 heavy (non-hydrogen) atoms. The Labute approximate surface area is 183 Å². The predicted octanol–water partition coefficient (Wildman–Crippen LogP) is 5.29. The molecule has 0 fully saturated rings. The van der Waals surface area contributed by atoms with Gasteiger partial charge in [0.25, 0.3) is 0 Å². The quantitative estimate of drug-likeness (QED) is 0.302. The summed E-state index contributed by atoms with van der Waals surface area (Å²) < 4.78 is 19.5. The van der Waals surface area contributed by atoms with E-state index in [1.165, 1.54) is 0 Å². The second-order valence-electron chi connectivity index (χ2n) is 7.19. The first kappa shape index (κ1) is 21.1. The van der Waals surface area contributed by atoms with E-state index in [1.807, 2.05) is 121 Å². The van der Waals surface area contributed by atoms with Crippen LogP contribution >= 0.6 is 14.2 Å². The van der Waals surface area contributed by atoms with Gasteiger partial charge < -0.3 is 4.57 Å². The predicted molar refractivity (Wildman–Crippen MR) is 132 cm³/mol. The van der Waals surface area contributed by atoms with E-state index in [-0.39, 0.29) is 5.90 Å². The third-order valence-corrected chi connectivity index (χ3v) is 13.6. The second kappa shape index (κ2) is 9.32. The van der Waals surface area contributed by atoms with Gasteiger partial charge in [-0.05, 0) is 10.6 Å². The SMILES string of the molecule is N#CN=P(CP(=O)(c1ccccc1)c1ccccc1)(c1ccccc1)c1ccccc1. The molecule has 0 bridgehead atoms. The Kier molecular flexibility index (Phi) is 6.34. The van der Waals surface area contributed by atoms with E-state index in [1.54, 1.807) is 0 Å². The van der Waals surface area contributed by atoms with Crippen molar-refractivity contribution in [1.29, 1.82) is 5.26 Å². The Balaban J connectivity index is 2.03. The van der Waals surface area contributed by atoms with Crippen molar-refractivity contribution < 1.29 is 4.57 Å². The first-order valence-electron chi connectivity index (χ1n) is 10.00. The van der Waals surface area contributed by atoms with Gasteiger partial charge in [-0.15, -0.1) is 0 Å². The zero-order valence-electron chi connectivity index (χ0n) is 17.0. The van der Waals surface area contributed by atoms with Gasteiger partial charge in [-0.1, -0.05) is 121 Å². The number of hydrogen-bond acceptors (Lipinski definition) is 3. The first-order chi connectivity index (χ1) is 15.2. The van der Waals surface area contributed by atoms with Gasteiger partial charge in [0.15, 0.2) is 0 Å². The number of hydrogen-bond donors (Lipinski definition) is 0. The van der Waals surface area contributed by atoms with Crippen molar-refractivity contribution in [3.63, 3.8) is 0 Å². The molecule has 0 atom stereocenters. The highest BCUT2D eigenvalue weighted by Crippen LogP contribution is 2.61. The monoisotopic (exact) mass is 440 g/mol. The molecule has 0 saturated heterocycles. The maximum absolute atomic E-state index is 14.9. The lowest BCUT2D eigenvalue weighted by atomic mass is 10.4. The van der Waals surface area contributed by atoms with Crippen LogP contribution < -0.4 is 21.2 Å². The van der Waals surface area contributed by atoms with Crippen LogP contribution in [0.2, 0.25) is 0 Å². The molecule has 0 N–H and O–H groups in total. The van der Waals surface area contributed by atoms with Crippen LogP contribution in [0.25, 0.3) is 0 Å². The summed E-state index contributed by atoms with van der Waals surface area (Å²) >= 11 is 0. The van der Waals surface area contributed by atoms with Gasteiger partial charge in [0, 0.05) is 10.6 Å². The van der Waals surface area contributed by atoms with Crippen LogP contribution in [0.5, 0.6) is 0 Å². The third-order valence-electron chi connectivity index (χ3n) is 5.33. The fourth-order valence-corrected chi connectivity index (χ4v) is 12.6. The average Bonchev–Trinajstić information content (AvgIpc) is 2.86. The van der Waals surface area contributed by atoms with Crippen molar-refractivity contribution in [3.8, 4) is 6.19 Å². The fraction of sp³-hybridized carbons (Fsp3) is 0.0385. The lowest BCUT2D eigenvalue weighted by Gasteiger charge is -2.30. The summed E-state index contributed by atoms with van der Waals surface area (Å²) in [5.41, 5.74) is 0. The van der Waals surface area contributed by atoms with Crippen molar-refractivity contribution in [2.24, 2.45) is 4.74 Å². The van der Waals surface area contributed by atoms with Crippen molar-refractivity contribution in [1.82, 2.24) is 0 Å². The van der Waals surface area contributed by atoms with Gasteiger partial charge in [-0.3, -0.25) is 0 Å². The Hall–Kier alpha value is -3.17. The standard InChI is InChI=1S/C26H22N2OP2/c27-21-28-30(23-13-5-1-6-14-23,24-15-7-2-8-16-24)22-31(29,25-17-9-3-10-18-25)26-19-11-4-12-20-26/h1-20H,22H2. The van der Waals surface area contributed by atoms with E-state index in [0.29, 0.717) is 0 Å². The lowest BCUT2D eigenvalue weighted by molar-refractivity contribution is 0.589. The third kappa shape index (κ3) is 4.19. The molecule has 5 heteroatoms. The molecule has 4 rings (SSSR count). The number of rotatable bonds is 6. The molecule has 4 aromatic carbocycles. The van der Waals surface area contributed by atoms with E-state index >= 15 is 0 Å². The molecule has 4 aromatic rings. The Morgan fingerprint density at radius 3 is 1.23 bits per heavy atom. The normalized spacial score (nSPS) is 11.5. The maximum Gasteiger partial charge on any atom is 0.204 e. The first-order valence-corrected chi connectivity index (χ1v) is 13.8. The average molecular weight is 440 g/mol. The highest BCUT2D eigenvalue weighted by molar-refractivity contribution is 7.95. The molecule has 0 saturated carbocycles. The molecule has 0 amide bonds. The van der Waals surface area contributed by atoms with Crippen molar-refractivity contribution in [3.05, 3.63) is 121 Å². The molecule has 0 aliphatic carbocycles. The van der Waals surface area contributed by atoms with Gasteiger partial charge in [0.05, 0.1) is 13.0 Å². The summed E-state index contributed by atoms with van der Waals surface area (Å²) in [7, 11) is -5.75. The number of nitriles is 1. The van der Waals surface area contributed by atoms with E-state index in [9.17, 15) is 9.83 Å². The molecule has 0 radical (unpaired) electrons. The van der Waals surface area contributed by atoms with E-state index in [2.05, 4.69) is 10.9 Å². The Morgan fingerprint density at radius 1 is 0.581 bits per heavy atom. The topological polar surface area (TPSA) is 53.2 Å². The van der Waals surface area contributed by atoms with Gasteiger partial charge >= 0.3 is 0 Å². The van der Waals surface area contributed by atoms with Crippen LogP contribution in [0.1, 0.15) is 0 Å². The van der Waals surface area contributed by atoms with Gasteiger partial charge in [-0.2, -0.15) is 10.0 Å². The second-order valence-corrected chi connectivity index (χ2v) is 13.6. The summed E-state index contributed by atoms with van der Waals surface area (Å²) in [5.74, 6) is 0.287. The minimum atomic E-state index is -3.10. The van der Waals surface area contributed by atoms with Crippen LogP contribution in [0.3, 0.4) is 0 Å². The van der Waals surface area contributed by atoms with Crippen LogP contribution in [0.15, 0.2) is 126 Å². The van der Waals surface area contributed by atoms with E-state index in [4.69, 9.17) is 0 Å². The molecule has 0 aliphatic heterocycles. The summed E-state index contributed by atoms with van der Waals surface area (Å²) in [6, 6.07) is 38.9. The Bertz CT molecular complexity index is 1200. The Morgan fingerprint density at radius 2 is 0.903 bits per heavy atom. The number of benzene rings is 4. The van der Waals surface area contributed by atoms with Crippen LogP contribution in [0, 0.1) is 11.5 Å². The highest BCUT2D eigenvalue weighted by atomic mass is 31.2. The van der Waals surface area contributed by atoms with Gasteiger partial charge in [0.2, 0.25) is 6.19 Å². The number of nitrogens with zero attached hydrogens (tertiary/aromatic N) is 2. The highest BCUT2D eigenvalue weighted by Gasteiger charge is 2.37. The lowest BCUT2D eigenvalue weighted by Crippen LogP contribution is -2.25. The van der Waals surface area contributed by atoms with Gasteiger partial charge in [0.1, 0.15) is 7.14 Å². The molecule has 3 nitrogen and oxygen atoms in total. The summed E-state index contributed by atoms with van der Waals surface area (Å²) in [5, 5.41) is 13.3. The van der Waals surface area contributed by atoms with Crippen molar-refractivity contribution in [2.45, 2.75) is 0 Å². The zero-order chi connectivity index (χ0) is 21.6. The summed E-state index contributed by atoms with van der Waals surface area (Å²) in [6.45, 7) is 0. The molecule has 0 aliphatic rings. The van der Waals surface area contributed by atoms with Crippen LogP contribution in [-0.2, 0) is 4.57 Å². The molecule has 0 spiro atoms. The van der Waals surface area contributed by atoms with Crippen LogP contribution in [-0.4, -0.2) is 5.90 Å². The largest absolute Gasteiger partial charge is 0.313 e. The van der Waals surface area contributed by atoms with E-state index < -0.39 is 14.2 Å². The maximum atomic E-state index is 14.9. The smallest absolute Gasteiger partial charge is 0.204 e. The molecule has 0 unspecified atom stereocenters. The molecule has 0 heterocycles. The van der Waals surface area contributed by atoms with Crippen LogP contribution in [0.4, 0.5) is 0 Å². The molecule has 152 valence electrons. The molecular formula is C26H22N2OP2. The fourth-order valence-electron chi connectivity index (χ4n) is 3.82. The van der Waals surface area contributed by atoms with Gasteiger partial charge in [-0.25, -0.2) is 0 Å². The van der Waals surface area contributed by atoms with Crippen molar-refractivity contribution in [2.75, 3.05) is 5.90 Å². The molecule has 0 aromatic heterocycles. The molecular weight excluding hydrogens is 418 g/mol.